The molecule has 0 spiro atoms. The molecule has 0 saturated heterocycles. The molecule has 2 aromatic rings. The zero-order chi connectivity index (χ0) is 37.8. The highest BCUT2D eigenvalue weighted by Crippen LogP contribution is 2.20. The number of nitrogens with one attached hydrogen (secondary N) is 3. The molecule has 2 aromatic carbocycles. The van der Waals surface area contributed by atoms with Crippen LogP contribution in [0.1, 0.15) is 64.5 Å². The molecule has 0 radical (unpaired) electrons. The van der Waals surface area contributed by atoms with E-state index < -0.39 is 41.6 Å². The Morgan fingerprint density at radius 1 is 0.784 bits per heavy atom. The van der Waals surface area contributed by atoms with Gasteiger partial charge in [-0.1, -0.05) is 56.0 Å². The first-order chi connectivity index (χ1) is 24.2. The molecule has 0 bridgehead atoms. The Hall–Kier alpha value is -5.13. The van der Waals surface area contributed by atoms with Crippen molar-refractivity contribution in [2.75, 3.05) is 26.9 Å². The molecule has 3 atom stereocenters. The number of hydrogen-bond donors (Lipinski definition) is 3. The molecule has 0 heterocycles. The van der Waals surface area contributed by atoms with Crippen LogP contribution < -0.4 is 25.4 Å². The SMILES string of the molecule is C=CCOc1ccc(C[C@H](NC(C)=O)C(=O)C[C@H](CCCCNC(=O)OC(C)(C)C)C(=O)N[C@@H](Cc2ccc(OCC=C)cc2)C(=O)OC)cc1. The largest absolute Gasteiger partial charge is 0.490 e. The maximum Gasteiger partial charge on any atom is 0.407 e. The summed E-state index contributed by atoms with van der Waals surface area (Å²) in [7, 11) is 1.24. The van der Waals surface area contributed by atoms with Crippen LogP contribution in [-0.4, -0.2) is 74.2 Å². The standard InChI is InChI=1S/C39H53N3O9/c1-8-22-49-31-17-13-28(14-18-31)24-33(41-27(3)43)35(44)26-30(12-10-11-21-40-38(47)51-39(4,5)6)36(45)42-34(37(46)48-7)25-29-15-19-32(20-16-29)50-23-9-2/h8-9,13-20,30,33-34H,1-2,10-12,21-26H2,3-7H3,(H,40,47)(H,41,43)(H,42,45)/t30-,33-,34-/m0/s1. The van der Waals surface area contributed by atoms with E-state index in [1.807, 2.05) is 0 Å². The Morgan fingerprint density at radius 3 is 1.78 bits per heavy atom. The van der Waals surface area contributed by atoms with Gasteiger partial charge >= 0.3 is 12.1 Å². The van der Waals surface area contributed by atoms with Crippen LogP contribution in [0.4, 0.5) is 4.79 Å². The number of methoxy groups -OCH3 is 1. The first-order valence-corrected chi connectivity index (χ1v) is 17.0. The maximum absolute atomic E-state index is 13.8. The summed E-state index contributed by atoms with van der Waals surface area (Å²) >= 11 is 0. The molecule has 51 heavy (non-hydrogen) atoms. The highest BCUT2D eigenvalue weighted by molar-refractivity contribution is 5.93. The number of alkyl carbamates (subject to hydrolysis) is 1. The molecule has 0 aromatic heterocycles. The summed E-state index contributed by atoms with van der Waals surface area (Å²) < 4.78 is 21.3. The average Bonchev–Trinajstić information content (AvgIpc) is 3.08. The molecule has 12 nitrogen and oxygen atoms in total. The summed E-state index contributed by atoms with van der Waals surface area (Å²) in [4.78, 5) is 64.7. The van der Waals surface area contributed by atoms with E-state index in [1.165, 1.54) is 14.0 Å². The molecule has 3 N–H and O–H groups in total. The van der Waals surface area contributed by atoms with Crippen LogP contribution >= 0.6 is 0 Å². The Bertz CT molecular complexity index is 1450. The van der Waals surface area contributed by atoms with Crippen molar-refractivity contribution >= 4 is 29.7 Å². The van der Waals surface area contributed by atoms with Gasteiger partial charge in [0.1, 0.15) is 36.4 Å². The van der Waals surface area contributed by atoms with Gasteiger partial charge in [0.05, 0.1) is 13.2 Å². The molecular formula is C39H53N3O9. The fourth-order valence-corrected chi connectivity index (χ4v) is 5.07. The summed E-state index contributed by atoms with van der Waals surface area (Å²) in [5.74, 6) is -1.45. The molecule has 3 amide bonds. The smallest absolute Gasteiger partial charge is 0.407 e. The normalized spacial score (nSPS) is 12.6. The van der Waals surface area contributed by atoms with Crippen molar-refractivity contribution in [2.24, 2.45) is 5.92 Å². The number of hydrogen-bond acceptors (Lipinski definition) is 9. The lowest BCUT2D eigenvalue weighted by atomic mass is 9.90. The average molecular weight is 708 g/mol. The van der Waals surface area contributed by atoms with Crippen molar-refractivity contribution in [2.45, 2.75) is 83.9 Å². The summed E-state index contributed by atoms with van der Waals surface area (Å²) in [6, 6.07) is 12.3. The lowest BCUT2D eigenvalue weighted by Gasteiger charge is -2.24. The van der Waals surface area contributed by atoms with Crippen LogP contribution in [0.2, 0.25) is 0 Å². The van der Waals surface area contributed by atoms with E-state index in [9.17, 15) is 24.0 Å². The first-order valence-electron chi connectivity index (χ1n) is 17.0. The molecule has 0 aliphatic rings. The van der Waals surface area contributed by atoms with Gasteiger partial charge in [-0.25, -0.2) is 9.59 Å². The first kappa shape index (κ1) is 42.0. The van der Waals surface area contributed by atoms with Crippen molar-refractivity contribution < 1.29 is 42.9 Å². The Labute approximate surface area is 301 Å². The van der Waals surface area contributed by atoms with Crippen LogP contribution in [0, 0.1) is 5.92 Å². The zero-order valence-electron chi connectivity index (χ0n) is 30.5. The van der Waals surface area contributed by atoms with Crippen LogP contribution in [-0.2, 0) is 41.5 Å². The summed E-state index contributed by atoms with van der Waals surface area (Å²) in [5.41, 5.74) is 0.898. The lowest BCUT2D eigenvalue weighted by molar-refractivity contribution is -0.145. The highest BCUT2D eigenvalue weighted by Gasteiger charge is 2.30. The molecule has 0 aliphatic heterocycles. The van der Waals surface area contributed by atoms with Crippen LogP contribution in [0.3, 0.4) is 0 Å². The van der Waals surface area contributed by atoms with E-state index in [4.69, 9.17) is 18.9 Å². The number of amides is 3. The Balaban J connectivity index is 2.23. The van der Waals surface area contributed by atoms with Crippen LogP contribution in [0.5, 0.6) is 11.5 Å². The molecule has 0 fully saturated rings. The number of rotatable bonds is 22. The number of esters is 1. The fourth-order valence-electron chi connectivity index (χ4n) is 5.07. The van der Waals surface area contributed by atoms with E-state index in [-0.39, 0.29) is 37.4 Å². The predicted molar refractivity (Wildman–Crippen MR) is 194 cm³/mol. The fraction of sp³-hybridized carbons (Fsp3) is 0.462. The van der Waals surface area contributed by atoms with E-state index in [0.717, 1.165) is 11.1 Å². The molecule has 0 aliphatic carbocycles. The molecule has 12 heteroatoms. The van der Waals surface area contributed by atoms with Gasteiger partial charge in [0.2, 0.25) is 11.8 Å². The molecule has 278 valence electrons. The van der Waals surface area contributed by atoms with Gasteiger partial charge in [-0.15, -0.1) is 0 Å². The summed E-state index contributed by atoms with van der Waals surface area (Å²) in [6.07, 6.45) is 4.13. The van der Waals surface area contributed by atoms with Crippen molar-refractivity contribution in [1.29, 1.82) is 0 Å². The second-order valence-corrected chi connectivity index (χ2v) is 13.0. The number of benzene rings is 2. The van der Waals surface area contributed by atoms with E-state index in [0.29, 0.717) is 44.1 Å². The Morgan fingerprint density at radius 2 is 1.31 bits per heavy atom. The highest BCUT2D eigenvalue weighted by atomic mass is 16.6. The lowest BCUT2D eigenvalue weighted by Crippen LogP contribution is -2.47. The van der Waals surface area contributed by atoms with Gasteiger partial charge in [0, 0.05) is 32.2 Å². The quantitative estimate of drug-likeness (QED) is 0.0867. The second-order valence-electron chi connectivity index (χ2n) is 13.0. The van der Waals surface area contributed by atoms with Crippen molar-refractivity contribution in [3.05, 3.63) is 85.0 Å². The third-order valence-corrected chi connectivity index (χ3v) is 7.50. The van der Waals surface area contributed by atoms with E-state index in [2.05, 4.69) is 29.1 Å². The predicted octanol–water partition coefficient (Wildman–Crippen LogP) is 5.03. The van der Waals surface area contributed by atoms with E-state index in [1.54, 1.807) is 81.5 Å². The number of ketones is 1. The van der Waals surface area contributed by atoms with Gasteiger partial charge in [-0.05, 0) is 75.4 Å². The van der Waals surface area contributed by atoms with Gasteiger partial charge in [0.15, 0.2) is 5.78 Å². The number of carbonyl (C=O) groups is 5. The van der Waals surface area contributed by atoms with Crippen molar-refractivity contribution in [3.8, 4) is 11.5 Å². The van der Waals surface area contributed by atoms with Crippen LogP contribution in [0.25, 0.3) is 0 Å². The monoisotopic (exact) mass is 707 g/mol. The summed E-state index contributed by atoms with van der Waals surface area (Å²) in [6.45, 7) is 14.9. The minimum absolute atomic E-state index is 0.141. The van der Waals surface area contributed by atoms with Crippen LogP contribution in [0.15, 0.2) is 73.8 Å². The minimum atomic E-state index is -1.03. The minimum Gasteiger partial charge on any atom is -0.490 e. The van der Waals surface area contributed by atoms with Crippen molar-refractivity contribution in [3.63, 3.8) is 0 Å². The number of Topliss-reactive ketones (excluding diaryl/α,β-unsaturated/α-hetero) is 1. The molecule has 0 unspecified atom stereocenters. The third kappa shape index (κ3) is 16.9. The van der Waals surface area contributed by atoms with Gasteiger partial charge < -0.3 is 34.9 Å². The van der Waals surface area contributed by atoms with Gasteiger partial charge in [-0.2, -0.15) is 0 Å². The maximum atomic E-state index is 13.8. The van der Waals surface area contributed by atoms with Gasteiger partial charge in [-0.3, -0.25) is 14.4 Å². The molecule has 2 rings (SSSR count). The number of ether oxygens (including phenoxy) is 4. The van der Waals surface area contributed by atoms with E-state index >= 15 is 0 Å². The number of unbranched alkanes of at least 4 members (excludes halogenated alkanes) is 1. The Kier molecular flexibility index (Phi) is 18.0. The molecule has 0 saturated carbocycles. The molecular weight excluding hydrogens is 654 g/mol. The summed E-state index contributed by atoms with van der Waals surface area (Å²) in [5, 5.41) is 8.23. The third-order valence-electron chi connectivity index (χ3n) is 7.50. The van der Waals surface area contributed by atoms with Crippen molar-refractivity contribution in [1.82, 2.24) is 16.0 Å². The number of carbonyl (C=O) groups excluding carboxylic acids is 5. The van der Waals surface area contributed by atoms with Gasteiger partial charge in [0.25, 0.3) is 0 Å². The zero-order valence-corrected chi connectivity index (χ0v) is 30.5. The second kappa shape index (κ2) is 21.8. The topological polar surface area (TPSA) is 158 Å².